The van der Waals surface area contributed by atoms with Crippen molar-refractivity contribution in [3.8, 4) is 22.9 Å². The van der Waals surface area contributed by atoms with Gasteiger partial charge in [-0.2, -0.15) is 0 Å². The molecular formula is C18H16FN3O2S. The third-order valence-electron chi connectivity index (χ3n) is 3.92. The van der Waals surface area contributed by atoms with Gasteiger partial charge in [-0.1, -0.05) is 23.9 Å². The SMILES string of the molecule is Cn1c(SCc2ccc(F)cc2)nnc1-c1ccc2c(c1)OCCO2. The number of hydrogen-bond donors (Lipinski definition) is 0. The van der Waals surface area contributed by atoms with Crippen LogP contribution in [0.4, 0.5) is 4.39 Å². The molecule has 0 spiro atoms. The number of ether oxygens (including phenoxy) is 2. The topological polar surface area (TPSA) is 49.2 Å². The van der Waals surface area contributed by atoms with Crippen molar-refractivity contribution in [3.63, 3.8) is 0 Å². The Hall–Kier alpha value is -2.54. The number of fused-ring (bicyclic) bond motifs is 1. The van der Waals surface area contributed by atoms with Crippen LogP contribution in [0.1, 0.15) is 5.56 Å². The molecule has 0 N–H and O–H groups in total. The van der Waals surface area contributed by atoms with Gasteiger partial charge in [-0.25, -0.2) is 4.39 Å². The molecule has 0 atom stereocenters. The van der Waals surface area contributed by atoms with Gasteiger partial charge < -0.3 is 14.0 Å². The summed E-state index contributed by atoms with van der Waals surface area (Å²) in [4.78, 5) is 0. The van der Waals surface area contributed by atoms with Gasteiger partial charge in [0.25, 0.3) is 0 Å². The van der Waals surface area contributed by atoms with Crippen LogP contribution < -0.4 is 9.47 Å². The van der Waals surface area contributed by atoms with Gasteiger partial charge in [-0.05, 0) is 35.9 Å². The first-order valence-corrected chi connectivity index (χ1v) is 8.86. The number of rotatable bonds is 4. The number of hydrogen-bond acceptors (Lipinski definition) is 5. The lowest BCUT2D eigenvalue weighted by Crippen LogP contribution is -2.15. The van der Waals surface area contributed by atoms with Crippen molar-refractivity contribution in [1.82, 2.24) is 14.8 Å². The molecule has 0 fully saturated rings. The average Bonchev–Trinajstić information content (AvgIpc) is 3.01. The molecule has 0 amide bonds. The normalized spacial score (nSPS) is 13.0. The first-order chi connectivity index (χ1) is 12.2. The zero-order chi connectivity index (χ0) is 17.2. The van der Waals surface area contributed by atoms with Gasteiger partial charge in [-0.15, -0.1) is 10.2 Å². The Labute approximate surface area is 148 Å². The van der Waals surface area contributed by atoms with Crippen molar-refractivity contribution >= 4 is 11.8 Å². The lowest BCUT2D eigenvalue weighted by atomic mass is 10.2. The Kier molecular flexibility index (Phi) is 4.31. The minimum atomic E-state index is -0.228. The summed E-state index contributed by atoms with van der Waals surface area (Å²) in [5.41, 5.74) is 1.96. The van der Waals surface area contributed by atoms with Crippen LogP contribution in [0.3, 0.4) is 0 Å². The lowest BCUT2D eigenvalue weighted by Gasteiger charge is -2.18. The van der Waals surface area contributed by atoms with Crippen LogP contribution >= 0.6 is 11.8 Å². The molecule has 128 valence electrons. The Balaban J connectivity index is 1.53. The molecule has 1 aromatic heterocycles. The van der Waals surface area contributed by atoms with E-state index in [4.69, 9.17) is 9.47 Å². The van der Waals surface area contributed by atoms with Gasteiger partial charge in [0.2, 0.25) is 0 Å². The highest BCUT2D eigenvalue weighted by Gasteiger charge is 2.16. The average molecular weight is 357 g/mol. The molecule has 1 aliphatic rings. The smallest absolute Gasteiger partial charge is 0.191 e. The molecular weight excluding hydrogens is 341 g/mol. The van der Waals surface area contributed by atoms with E-state index < -0.39 is 0 Å². The Morgan fingerprint density at radius 1 is 1.04 bits per heavy atom. The second-order valence-electron chi connectivity index (χ2n) is 5.64. The third kappa shape index (κ3) is 3.32. The second-order valence-corrected chi connectivity index (χ2v) is 6.58. The van der Waals surface area contributed by atoms with Crippen molar-refractivity contribution in [3.05, 3.63) is 53.8 Å². The first-order valence-electron chi connectivity index (χ1n) is 7.87. The number of halogens is 1. The summed E-state index contributed by atoms with van der Waals surface area (Å²) in [5, 5.41) is 9.36. The maximum atomic E-state index is 13.0. The van der Waals surface area contributed by atoms with Crippen LogP contribution in [0.5, 0.6) is 11.5 Å². The summed E-state index contributed by atoms with van der Waals surface area (Å²) < 4.78 is 26.1. The van der Waals surface area contributed by atoms with Crippen molar-refractivity contribution in [1.29, 1.82) is 0 Å². The molecule has 1 aliphatic heterocycles. The van der Waals surface area contributed by atoms with Crippen LogP contribution in [-0.2, 0) is 12.8 Å². The minimum Gasteiger partial charge on any atom is -0.486 e. The van der Waals surface area contributed by atoms with E-state index in [1.54, 1.807) is 23.9 Å². The van der Waals surface area contributed by atoms with Gasteiger partial charge in [0.1, 0.15) is 19.0 Å². The quantitative estimate of drug-likeness (QED) is 0.667. The molecule has 0 aliphatic carbocycles. The van der Waals surface area contributed by atoms with E-state index in [2.05, 4.69) is 10.2 Å². The van der Waals surface area contributed by atoms with Crippen LogP contribution in [0.15, 0.2) is 47.6 Å². The Morgan fingerprint density at radius 3 is 2.60 bits per heavy atom. The number of aromatic nitrogens is 3. The van der Waals surface area contributed by atoms with Crippen molar-refractivity contribution in [2.45, 2.75) is 10.9 Å². The van der Waals surface area contributed by atoms with Gasteiger partial charge in [-0.3, -0.25) is 0 Å². The Morgan fingerprint density at radius 2 is 1.80 bits per heavy atom. The van der Waals surface area contributed by atoms with Gasteiger partial charge in [0, 0.05) is 18.4 Å². The highest BCUT2D eigenvalue weighted by molar-refractivity contribution is 7.98. The molecule has 0 radical (unpaired) electrons. The molecule has 2 aromatic carbocycles. The summed E-state index contributed by atoms with van der Waals surface area (Å²) in [6.07, 6.45) is 0. The second kappa shape index (κ2) is 6.76. The fourth-order valence-corrected chi connectivity index (χ4v) is 3.47. The predicted octanol–water partition coefficient (Wildman–Crippen LogP) is 3.68. The van der Waals surface area contributed by atoms with E-state index in [1.807, 2.05) is 29.8 Å². The van der Waals surface area contributed by atoms with Crippen LogP contribution in [-0.4, -0.2) is 28.0 Å². The van der Waals surface area contributed by atoms with E-state index in [0.717, 1.165) is 33.6 Å². The summed E-state index contributed by atoms with van der Waals surface area (Å²) in [6.45, 7) is 1.12. The lowest BCUT2D eigenvalue weighted by molar-refractivity contribution is 0.171. The largest absolute Gasteiger partial charge is 0.486 e. The maximum Gasteiger partial charge on any atom is 0.191 e. The highest BCUT2D eigenvalue weighted by atomic mass is 32.2. The summed E-state index contributed by atoms with van der Waals surface area (Å²) >= 11 is 1.56. The van der Waals surface area contributed by atoms with E-state index in [1.165, 1.54) is 12.1 Å². The number of thioether (sulfide) groups is 1. The van der Waals surface area contributed by atoms with Crippen LogP contribution in [0.25, 0.3) is 11.4 Å². The molecule has 2 heterocycles. The summed E-state index contributed by atoms with van der Waals surface area (Å²) in [7, 11) is 1.93. The fourth-order valence-electron chi connectivity index (χ4n) is 2.60. The zero-order valence-electron chi connectivity index (χ0n) is 13.6. The molecule has 7 heteroatoms. The molecule has 4 rings (SSSR count). The van der Waals surface area contributed by atoms with Gasteiger partial charge in [0.15, 0.2) is 22.5 Å². The van der Waals surface area contributed by atoms with E-state index >= 15 is 0 Å². The molecule has 0 saturated carbocycles. The molecule has 25 heavy (non-hydrogen) atoms. The standard InChI is InChI=1S/C18H16FN3O2S/c1-22-17(13-4-7-15-16(10-13)24-9-8-23-15)20-21-18(22)25-11-12-2-5-14(19)6-3-12/h2-7,10H,8-9,11H2,1H3. The van der Waals surface area contributed by atoms with E-state index in [0.29, 0.717) is 19.0 Å². The third-order valence-corrected chi connectivity index (χ3v) is 5.01. The molecule has 5 nitrogen and oxygen atoms in total. The van der Waals surface area contributed by atoms with Crippen molar-refractivity contribution in [2.24, 2.45) is 7.05 Å². The van der Waals surface area contributed by atoms with Gasteiger partial charge in [0.05, 0.1) is 0 Å². The predicted molar refractivity (Wildman–Crippen MR) is 93.4 cm³/mol. The van der Waals surface area contributed by atoms with E-state index in [-0.39, 0.29) is 5.82 Å². The van der Waals surface area contributed by atoms with Crippen LogP contribution in [0, 0.1) is 5.82 Å². The van der Waals surface area contributed by atoms with Crippen molar-refractivity contribution < 1.29 is 13.9 Å². The summed E-state index contributed by atoms with van der Waals surface area (Å²) in [5.74, 6) is 2.72. The Bertz CT molecular complexity index is 896. The first kappa shape index (κ1) is 16.0. The van der Waals surface area contributed by atoms with Gasteiger partial charge >= 0.3 is 0 Å². The number of nitrogens with zero attached hydrogens (tertiary/aromatic N) is 3. The molecule has 0 saturated heterocycles. The molecule has 0 unspecified atom stereocenters. The van der Waals surface area contributed by atoms with Crippen LogP contribution in [0.2, 0.25) is 0 Å². The minimum absolute atomic E-state index is 0.228. The summed E-state index contributed by atoms with van der Waals surface area (Å²) in [6, 6.07) is 12.3. The number of benzene rings is 2. The zero-order valence-corrected chi connectivity index (χ0v) is 14.4. The molecule has 0 bridgehead atoms. The fraction of sp³-hybridized carbons (Fsp3) is 0.222. The highest BCUT2D eigenvalue weighted by Crippen LogP contribution is 2.34. The van der Waals surface area contributed by atoms with Crippen molar-refractivity contribution in [2.75, 3.05) is 13.2 Å². The van der Waals surface area contributed by atoms with E-state index in [9.17, 15) is 4.39 Å². The molecule has 3 aromatic rings. The maximum absolute atomic E-state index is 13.0. The monoisotopic (exact) mass is 357 g/mol.